The van der Waals surface area contributed by atoms with Gasteiger partial charge in [-0.1, -0.05) is 20.8 Å². The highest BCUT2D eigenvalue weighted by molar-refractivity contribution is 5.66. The predicted molar refractivity (Wildman–Crippen MR) is 109 cm³/mol. The highest BCUT2D eigenvalue weighted by atomic mass is 16.4. The number of aliphatic hydroxyl groups excluding tert-OH is 2. The van der Waals surface area contributed by atoms with E-state index in [1.165, 1.54) is 25.7 Å². The number of carbonyl (C=O) groups is 1. The lowest BCUT2D eigenvalue weighted by molar-refractivity contribution is -0.172. The Morgan fingerprint density at radius 1 is 0.964 bits per heavy atom. The molecule has 0 unspecified atom stereocenters. The quantitative estimate of drug-likeness (QED) is 0.659. The SMILES string of the molecule is C[C@H](CCC(=O)O)[C@@H]1CC[C@@H]2[C@H]3C[C@H](O)[C@H]4C[C@@H](O)CC[C@]4(C)[C@@H]3CC[C@@]21C. The summed E-state index contributed by atoms with van der Waals surface area (Å²) in [5, 5.41) is 30.4. The molecule has 3 N–H and O–H groups in total. The van der Waals surface area contributed by atoms with E-state index in [1.807, 2.05) is 0 Å². The molecule has 4 aliphatic carbocycles. The summed E-state index contributed by atoms with van der Waals surface area (Å²) in [6.07, 6.45) is 9.16. The standard InChI is InChI=1S/C24H40O4/c1-14(4-7-22(27)28)17-5-6-18-16-13-21(26)20-12-15(25)8-10-24(20,3)19(16)9-11-23(17,18)2/h14-21,25-26H,4-13H2,1-3H3,(H,27,28)/t14-,15+,16-,17+,18-,19-,20-,21+,23-,24-/m1/s1. The first kappa shape index (κ1) is 20.7. The van der Waals surface area contributed by atoms with E-state index in [2.05, 4.69) is 20.8 Å². The van der Waals surface area contributed by atoms with E-state index < -0.39 is 5.97 Å². The highest BCUT2D eigenvalue weighted by Crippen LogP contribution is 2.68. The lowest BCUT2D eigenvalue weighted by atomic mass is 9.44. The minimum atomic E-state index is -0.677. The van der Waals surface area contributed by atoms with Gasteiger partial charge in [-0.2, -0.15) is 0 Å². The van der Waals surface area contributed by atoms with Crippen LogP contribution in [0.15, 0.2) is 0 Å². The van der Waals surface area contributed by atoms with Crippen molar-refractivity contribution in [2.45, 2.75) is 97.2 Å². The van der Waals surface area contributed by atoms with Crippen LogP contribution in [0.1, 0.15) is 85.0 Å². The number of carboxylic acid groups (broad SMARTS) is 1. The van der Waals surface area contributed by atoms with Gasteiger partial charge in [-0.05, 0) is 104 Å². The number of rotatable bonds is 4. The van der Waals surface area contributed by atoms with Gasteiger partial charge in [0.05, 0.1) is 12.2 Å². The maximum Gasteiger partial charge on any atom is 0.303 e. The molecule has 160 valence electrons. The Bertz CT molecular complexity index is 605. The minimum absolute atomic E-state index is 0.176. The molecule has 4 aliphatic rings. The second-order valence-electron chi connectivity index (χ2n) is 11.4. The van der Waals surface area contributed by atoms with Crippen LogP contribution in [0.4, 0.5) is 0 Å². The Labute approximate surface area is 170 Å². The average molecular weight is 393 g/mol. The van der Waals surface area contributed by atoms with E-state index in [-0.39, 0.29) is 30.0 Å². The molecule has 0 heterocycles. The average Bonchev–Trinajstić information content (AvgIpc) is 2.99. The summed E-state index contributed by atoms with van der Waals surface area (Å²) in [5.41, 5.74) is 0.478. The molecule has 4 heteroatoms. The second kappa shape index (κ2) is 7.27. The molecule has 0 spiro atoms. The number of aliphatic carboxylic acids is 1. The van der Waals surface area contributed by atoms with Crippen LogP contribution in [0.5, 0.6) is 0 Å². The van der Waals surface area contributed by atoms with Gasteiger partial charge in [-0.15, -0.1) is 0 Å². The molecule has 0 aliphatic heterocycles. The van der Waals surface area contributed by atoms with E-state index in [1.54, 1.807) is 0 Å². The Kier molecular flexibility index (Phi) is 5.36. The monoisotopic (exact) mass is 392 g/mol. The molecular weight excluding hydrogens is 352 g/mol. The highest BCUT2D eigenvalue weighted by Gasteiger charge is 2.62. The van der Waals surface area contributed by atoms with Gasteiger partial charge in [0.25, 0.3) is 0 Å². The molecule has 10 atom stereocenters. The molecule has 0 bridgehead atoms. The molecule has 0 radical (unpaired) electrons. The summed E-state index contributed by atoms with van der Waals surface area (Å²) in [4.78, 5) is 11.1. The van der Waals surface area contributed by atoms with Crippen molar-refractivity contribution in [2.75, 3.05) is 0 Å². The molecule has 0 aromatic carbocycles. The molecule has 4 saturated carbocycles. The van der Waals surface area contributed by atoms with E-state index in [4.69, 9.17) is 5.11 Å². The molecule has 28 heavy (non-hydrogen) atoms. The summed E-state index contributed by atoms with van der Waals surface area (Å²) in [6.45, 7) is 7.16. The fraction of sp³-hybridized carbons (Fsp3) is 0.958. The van der Waals surface area contributed by atoms with Gasteiger partial charge in [-0.25, -0.2) is 0 Å². The van der Waals surface area contributed by atoms with Crippen LogP contribution < -0.4 is 0 Å². The number of hydrogen-bond donors (Lipinski definition) is 3. The smallest absolute Gasteiger partial charge is 0.303 e. The fourth-order valence-corrected chi connectivity index (χ4v) is 8.81. The van der Waals surface area contributed by atoms with Crippen molar-refractivity contribution in [3.8, 4) is 0 Å². The maximum atomic E-state index is 11.1. The first-order valence-corrected chi connectivity index (χ1v) is 11.7. The molecular formula is C24H40O4. The maximum absolute atomic E-state index is 11.1. The summed E-state index contributed by atoms with van der Waals surface area (Å²) in [6, 6.07) is 0. The van der Waals surface area contributed by atoms with Crippen molar-refractivity contribution in [1.82, 2.24) is 0 Å². The molecule has 0 saturated heterocycles. The van der Waals surface area contributed by atoms with Crippen LogP contribution in [-0.2, 0) is 4.79 Å². The van der Waals surface area contributed by atoms with Crippen molar-refractivity contribution >= 4 is 5.97 Å². The first-order valence-electron chi connectivity index (χ1n) is 11.7. The zero-order valence-corrected chi connectivity index (χ0v) is 17.9. The van der Waals surface area contributed by atoms with E-state index in [0.29, 0.717) is 35.0 Å². The van der Waals surface area contributed by atoms with E-state index >= 15 is 0 Å². The van der Waals surface area contributed by atoms with Gasteiger partial charge in [0.1, 0.15) is 0 Å². The molecule has 0 aromatic heterocycles. The Hall–Kier alpha value is -0.610. The van der Waals surface area contributed by atoms with Gasteiger partial charge < -0.3 is 15.3 Å². The number of fused-ring (bicyclic) bond motifs is 5. The first-order chi connectivity index (χ1) is 13.2. The number of hydrogen-bond acceptors (Lipinski definition) is 3. The van der Waals surface area contributed by atoms with Crippen molar-refractivity contribution < 1.29 is 20.1 Å². The zero-order valence-electron chi connectivity index (χ0n) is 17.9. The Balaban J connectivity index is 1.55. The van der Waals surface area contributed by atoms with Crippen LogP contribution in [0.25, 0.3) is 0 Å². The van der Waals surface area contributed by atoms with Gasteiger partial charge in [0, 0.05) is 6.42 Å². The minimum Gasteiger partial charge on any atom is -0.481 e. The van der Waals surface area contributed by atoms with Gasteiger partial charge in [-0.3, -0.25) is 4.79 Å². The molecule has 4 nitrogen and oxygen atoms in total. The van der Waals surface area contributed by atoms with E-state index in [9.17, 15) is 15.0 Å². The Morgan fingerprint density at radius 2 is 1.64 bits per heavy atom. The Morgan fingerprint density at radius 3 is 2.36 bits per heavy atom. The molecule has 4 fully saturated rings. The van der Waals surface area contributed by atoms with Crippen LogP contribution in [-0.4, -0.2) is 33.5 Å². The van der Waals surface area contributed by atoms with Crippen molar-refractivity contribution in [1.29, 1.82) is 0 Å². The summed E-state index contributed by atoms with van der Waals surface area (Å²) in [7, 11) is 0. The number of aliphatic hydroxyl groups is 2. The van der Waals surface area contributed by atoms with Crippen LogP contribution >= 0.6 is 0 Å². The van der Waals surface area contributed by atoms with E-state index in [0.717, 1.165) is 32.1 Å². The third kappa shape index (κ3) is 3.14. The number of carboxylic acids is 1. The fourth-order valence-electron chi connectivity index (χ4n) is 8.81. The lowest BCUT2D eigenvalue weighted by Gasteiger charge is -2.62. The topological polar surface area (TPSA) is 77.8 Å². The van der Waals surface area contributed by atoms with Crippen molar-refractivity contribution in [2.24, 2.45) is 46.3 Å². The predicted octanol–water partition coefficient (Wildman–Crippen LogP) is 4.48. The van der Waals surface area contributed by atoms with Gasteiger partial charge >= 0.3 is 5.97 Å². The molecule has 0 aromatic rings. The van der Waals surface area contributed by atoms with Gasteiger partial charge in [0.15, 0.2) is 0 Å². The molecule has 0 amide bonds. The summed E-state index contributed by atoms with van der Waals surface area (Å²) < 4.78 is 0. The third-order valence-corrected chi connectivity index (χ3v) is 10.2. The normalized spacial score (nSPS) is 51.7. The second-order valence-corrected chi connectivity index (χ2v) is 11.4. The lowest BCUT2D eigenvalue weighted by Crippen LogP contribution is -2.58. The van der Waals surface area contributed by atoms with Crippen molar-refractivity contribution in [3.05, 3.63) is 0 Å². The molecule has 4 rings (SSSR count). The summed E-state index contributed by atoms with van der Waals surface area (Å²) in [5.74, 6) is 2.61. The summed E-state index contributed by atoms with van der Waals surface area (Å²) >= 11 is 0. The zero-order chi connectivity index (χ0) is 20.3. The van der Waals surface area contributed by atoms with Crippen molar-refractivity contribution in [3.63, 3.8) is 0 Å². The largest absolute Gasteiger partial charge is 0.481 e. The van der Waals surface area contributed by atoms with Crippen LogP contribution in [0.2, 0.25) is 0 Å². The third-order valence-electron chi connectivity index (χ3n) is 10.2. The van der Waals surface area contributed by atoms with Crippen LogP contribution in [0, 0.1) is 46.3 Å². The van der Waals surface area contributed by atoms with Gasteiger partial charge in [0.2, 0.25) is 0 Å². The van der Waals surface area contributed by atoms with Crippen LogP contribution in [0.3, 0.4) is 0 Å².